The third-order valence-electron chi connectivity index (χ3n) is 3.11. The molecule has 0 aromatic heterocycles. The Morgan fingerprint density at radius 2 is 1.56 bits per heavy atom. The van der Waals surface area contributed by atoms with E-state index in [2.05, 4.69) is 37.2 Å². The van der Waals surface area contributed by atoms with Gasteiger partial charge in [0.2, 0.25) is 0 Å². The number of rotatable bonds is 4. The van der Waals surface area contributed by atoms with E-state index in [1.54, 1.807) is 0 Å². The van der Waals surface area contributed by atoms with E-state index in [0.29, 0.717) is 0 Å². The first-order valence-corrected chi connectivity index (χ1v) is 6.13. The van der Waals surface area contributed by atoms with Crippen molar-refractivity contribution in [3.63, 3.8) is 0 Å². The van der Waals surface area contributed by atoms with E-state index in [-0.39, 0.29) is 6.04 Å². The zero-order valence-electron chi connectivity index (χ0n) is 10.6. The predicted molar refractivity (Wildman–Crippen MR) is 75.7 cm³/mol. The van der Waals surface area contributed by atoms with Gasteiger partial charge in [-0.1, -0.05) is 67.1 Å². The second-order valence-electron chi connectivity index (χ2n) is 4.33. The molecular weight excluding hydrogens is 218 g/mol. The van der Waals surface area contributed by atoms with Crippen LogP contribution in [0.5, 0.6) is 0 Å². The van der Waals surface area contributed by atoms with Gasteiger partial charge in [0.05, 0.1) is 12.6 Å². The molecule has 1 heteroatoms. The number of nitrogens with zero attached hydrogens (tertiary/aromatic N) is 1. The Hall–Kier alpha value is -2.20. The van der Waals surface area contributed by atoms with Gasteiger partial charge >= 0.3 is 0 Å². The maximum atomic E-state index is 5.63. The molecule has 90 valence electrons. The van der Waals surface area contributed by atoms with Crippen molar-refractivity contribution in [1.82, 2.24) is 4.90 Å². The van der Waals surface area contributed by atoms with Gasteiger partial charge in [-0.15, -0.1) is 0 Å². The maximum Gasteiger partial charge on any atom is 0.0596 e. The summed E-state index contributed by atoms with van der Waals surface area (Å²) < 4.78 is 0. The normalized spacial score (nSPS) is 11.6. The van der Waals surface area contributed by atoms with Crippen LogP contribution in [-0.4, -0.2) is 4.90 Å². The average Bonchev–Trinajstić information content (AvgIpc) is 2.46. The first-order valence-electron chi connectivity index (χ1n) is 6.13. The molecule has 0 N–H and O–H groups in total. The SMILES string of the molecule is C#CN(Cc1ccccc1)[C@@H](C)c1ccccc1. The summed E-state index contributed by atoms with van der Waals surface area (Å²) in [5.74, 6) is 0. The summed E-state index contributed by atoms with van der Waals surface area (Å²) in [6, 6.07) is 23.6. The minimum atomic E-state index is 0.219. The van der Waals surface area contributed by atoms with E-state index in [1.807, 2.05) is 41.3 Å². The lowest BCUT2D eigenvalue weighted by molar-refractivity contribution is 0.311. The van der Waals surface area contributed by atoms with E-state index < -0.39 is 0 Å². The molecule has 0 heterocycles. The van der Waals surface area contributed by atoms with E-state index in [4.69, 9.17) is 6.42 Å². The molecule has 2 aromatic rings. The Balaban J connectivity index is 2.13. The van der Waals surface area contributed by atoms with Gasteiger partial charge in [-0.3, -0.25) is 0 Å². The molecule has 0 fully saturated rings. The fraction of sp³-hybridized carbons (Fsp3) is 0.176. The summed E-state index contributed by atoms with van der Waals surface area (Å²) >= 11 is 0. The number of hydrogen-bond donors (Lipinski definition) is 0. The molecule has 0 saturated carbocycles. The molecule has 1 atom stereocenters. The molecule has 0 spiro atoms. The molecule has 0 amide bonds. The quantitative estimate of drug-likeness (QED) is 0.575. The van der Waals surface area contributed by atoms with Crippen LogP contribution in [0.2, 0.25) is 0 Å². The van der Waals surface area contributed by atoms with Gasteiger partial charge in [0.15, 0.2) is 0 Å². The van der Waals surface area contributed by atoms with Crippen molar-refractivity contribution in [3.05, 3.63) is 71.8 Å². The lowest BCUT2D eigenvalue weighted by Crippen LogP contribution is -2.21. The van der Waals surface area contributed by atoms with Gasteiger partial charge in [-0.2, -0.15) is 0 Å². The molecule has 0 unspecified atom stereocenters. The fourth-order valence-electron chi connectivity index (χ4n) is 1.99. The number of terminal acetylenes is 1. The zero-order chi connectivity index (χ0) is 12.8. The van der Waals surface area contributed by atoms with Crippen LogP contribution in [0, 0.1) is 12.5 Å². The third kappa shape index (κ3) is 2.93. The van der Waals surface area contributed by atoms with Crippen LogP contribution in [0.1, 0.15) is 24.1 Å². The van der Waals surface area contributed by atoms with Gasteiger partial charge in [0, 0.05) is 6.04 Å². The number of benzene rings is 2. The van der Waals surface area contributed by atoms with Crippen molar-refractivity contribution in [2.24, 2.45) is 0 Å². The summed E-state index contributed by atoms with van der Waals surface area (Å²) in [5.41, 5.74) is 2.48. The van der Waals surface area contributed by atoms with Crippen LogP contribution in [-0.2, 0) is 6.54 Å². The molecule has 0 radical (unpaired) electrons. The molecule has 0 bridgehead atoms. The Kier molecular flexibility index (Phi) is 4.04. The van der Waals surface area contributed by atoms with Gasteiger partial charge < -0.3 is 4.90 Å². The van der Waals surface area contributed by atoms with Crippen molar-refractivity contribution < 1.29 is 0 Å². The zero-order valence-corrected chi connectivity index (χ0v) is 10.6. The van der Waals surface area contributed by atoms with Crippen LogP contribution in [0.4, 0.5) is 0 Å². The number of hydrogen-bond acceptors (Lipinski definition) is 1. The molecule has 0 saturated heterocycles. The Bertz CT molecular complexity index is 510. The average molecular weight is 235 g/mol. The van der Waals surface area contributed by atoms with Gasteiger partial charge in [0.25, 0.3) is 0 Å². The van der Waals surface area contributed by atoms with Gasteiger partial charge in [-0.25, -0.2) is 0 Å². The van der Waals surface area contributed by atoms with Crippen molar-refractivity contribution in [2.45, 2.75) is 19.5 Å². The van der Waals surface area contributed by atoms with Crippen LogP contribution in [0.25, 0.3) is 0 Å². The maximum absolute atomic E-state index is 5.63. The summed E-state index contributed by atoms with van der Waals surface area (Å²) in [6.07, 6.45) is 5.63. The molecule has 0 aliphatic heterocycles. The van der Waals surface area contributed by atoms with E-state index in [1.165, 1.54) is 11.1 Å². The highest BCUT2D eigenvalue weighted by atomic mass is 15.1. The monoisotopic (exact) mass is 235 g/mol. The fourth-order valence-corrected chi connectivity index (χ4v) is 1.99. The first kappa shape index (κ1) is 12.3. The van der Waals surface area contributed by atoms with Crippen LogP contribution >= 0.6 is 0 Å². The second-order valence-corrected chi connectivity index (χ2v) is 4.33. The predicted octanol–water partition coefficient (Wildman–Crippen LogP) is 3.84. The van der Waals surface area contributed by atoms with Crippen molar-refractivity contribution in [2.75, 3.05) is 0 Å². The van der Waals surface area contributed by atoms with E-state index in [9.17, 15) is 0 Å². The lowest BCUT2D eigenvalue weighted by atomic mass is 10.1. The van der Waals surface area contributed by atoms with Crippen molar-refractivity contribution in [3.8, 4) is 12.5 Å². The Morgan fingerprint density at radius 3 is 2.11 bits per heavy atom. The molecule has 1 nitrogen and oxygen atoms in total. The summed E-state index contributed by atoms with van der Waals surface area (Å²) in [7, 11) is 0. The largest absolute Gasteiger partial charge is 0.321 e. The Labute approximate surface area is 109 Å². The van der Waals surface area contributed by atoms with Crippen LogP contribution in [0.3, 0.4) is 0 Å². The molecule has 18 heavy (non-hydrogen) atoms. The molecule has 0 aliphatic carbocycles. The highest BCUT2D eigenvalue weighted by Gasteiger charge is 2.12. The highest BCUT2D eigenvalue weighted by Crippen LogP contribution is 2.21. The minimum absolute atomic E-state index is 0.219. The Morgan fingerprint density at radius 1 is 1.00 bits per heavy atom. The lowest BCUT2D eigenvalue weighted by Gasteiger charge is -2.25. The van der Waals surface area contributed by atoms with Crippen molar-refractivity contribution in [1.29, 1.82) is 0 Å². The third-order valence-corrected chi connectivity index (χ3v) is 3.11. The molecule has 2 aromatic carbocycles. The topological polar surface area (TPSA) is 3.24 Å². The molecule has 2 rings (SSSR count). The highest BCUT2D eigenvalue weighted by molar-refractivity contribution is 5.21. The van der Waals surface area contributed by atoms with Gasteiger partial charge in [-0.05, 0) is 18.1 Å². The van der Waals surface area contributed by atoms with Gasteiger partial charge in [0.1, 0.15) is 0 Å². The minimum Gasteiger partial charge on any atom is -0.321 e. The summed E-state index contributed by atoms with van der Waals surface area (Å²) in [6.45, 7) is 2.91. The van der Waals surface area contributed by atoms with E-state index >= 15 is 0 Å². The summed E-state index contributed by atoms with van der Waals surface area (Å²) in [5, 5.41) is 0. The smallest absolute Gasteiger partial charge is 0.0596 e. The van der Waals surface area contributed by atoms with Crippen molar-refractivity contribution >= 4 is 0 Å². The molecular formula is C17H17N. The van der Waals surface area contributed by atoms with Crippen LogP contribution < -0.4 is 0 Å². The second kappa shape index (κ2) is 5.93. The van der Waals surface area contributed by atoms with E-state index in [0.717, 1.165) is 6.54 Å². The molecule has 0 aliphatic rings. The summed E-state index contributed by atoms with van der Waals surface area (Å²) in [4.78, 5) is 2.02. The van der Waals surface area contributed by atoms with Crippen LogP contribution in [0.15, 0.2) is 60.7 Å². The first-order chi connectivity index (χ1) is 8.81. The standard InChI is InChI=1S/C17H17N/c1-3-18(14-16-10-6-4-7-11-16)15(2)17-12-8-5-9-13-17/h1,4-13,15H,14H2,2H3/t15-/m0/s1.